The van der Waals surface area contributed by atoms with Gasteiger partial charge in [-0.1, -0.05) is 60.9 Å². The fraction of sp³-hybridized carbons (Fsp3) is 0.375. The van der Waals surface area contributed by atoms with E-state index in [1.807, 2.05) is 30.3 Å². The third-order valence-electron chi connectivity index (χ3n) is 3.84. The molecule has 1 aliphatic rings. The van der Waals surface area contributed by atoms with E-state index in [1.54, 1.807) is 0 Å². The maximum atomic E-state index is 12.5. The van der Waals surface area contributed by atoms with Crippen molar-refractivity contribution in [2.24, 2.45) is 0 Å². The first-order chi connectivity index (χ1) is 10.2. The number of rotatable bonds is 3. The van der Waals surface area contributed by atoms with E-state index in [0.29, 0.717) is 15.7 Å². The van der Waals surface area contributed by atoms with Crippen LogP contribution >= 0.6 is 11.3 Å². The zero-order chi connectivity index (χ0) is 14.7. The van der Waals surface area contributed by atoms with Gasteiger partial charge in [0.1, 0.15) is 4.88 Å². The summed E-state index contributed by atoms with van der Waals surface area (Å²) in [4.78, 5) is 17.5. The van der Waals surface area contributed by atoms with Crippen molar-refractivity contribution in [2.45, 2.75) is 38.1 Å². The Bertz CT molecular complexity index is 618. The molecule has 0 radical (unpaired) electrons. The highest BCUT2D eigenvalue weighted by Gasteiger charge is 2.22. The number of amides is 1. The van der Waals surface area contributed by atoms with Crippen molar-refractivity contribution in [3.8, 4) is 11.3 Å². The first-order valence-electron chi connectivity index (χ1n) is 7.36. The molecule has 110 valence electrons. The van der Waals surface area contributed by atoms with Crippen molar-refractivity contribution in [2.75, 3.05) is 5.73 Å². The van der Waals surface area contributed by atoms with Crippen LogP contribution in [0, 0.1) is 0 Å². The number of nitrogens with two attached hydrogens (primary N) is 1. The van der Waals surface area contributed by atoms with Gasteiger partial charge in [-0.15, -0.1) is 0 Å². The van der Waals surface area contributed by atoms with Crippen LogP contribution < -0.4 is 11.1 Å². The molecule has 1 fully saturated rings. The van der Waals surface area contributed by atoms with Gasteiger partial charge >= 0.3 is 0 Å². The quantitative estimate of drug-likeness (QED) is 0.912. The minimum atomic E-state index is -0.0463. The third-order valence-corrected chi connectivity index (χ3v) is 4.72. The van der Waals surface area contributed by atoms with Crippen LogP contribution in [0.15, 0.2) is 30.3 Å². The monoisotopic (exact) mass is 301 g/mol. The fourth-order valence-electron chi connectivity index (χ4n) is 2.78. The molecule has 0 atom stereocenters. The van der Waals surface area contributed by atoms with Gasteiger partial charge in [-0.05, 0) is 12.8 Å². The summed E-state index contributed by atoms with van der Waals surface area (Å²) in [6, 6.07) is 10.0. The average molecular weight is 301 g/mol. The van der Waals surface area contributed by atoms with Gasteiger partial charge in [0.15, 0.2) is 5.13 Å². The number of carbonyl (C=O) groups excluding carboxylic acids is 1. The molecule has 1 heterocycles. The number of thiazole rings is 1. The molecular formula is C16H19N3OS. The molecule has 0 aliphatic heterocycles. The van der Waals surface area contributed by atoms with Crippen LogP contribution in [0.25, 0.3) is 11.3 Å². The minimum Gasteiger partial charge on any atom is -0.375 e. The highest BCUT2D eigenvalue weighted by atomic mass is 32.1. The second-order valence-electron chi connectivity index (χ2n) is 5.40. The first kappa shape index (κ1) is 14.1. The van der Waals surface area contributed by atoms with Crippen LogP contribution in [0.2, 0.25) is 0 Å². The van der Waals surface area contributed by atoms with Crippen molar-refractivity contribution in [1.82, 2.24) is 10.3 Å². The zero-order valence-corrected chi connectivity index (χ0v) is 12.7. The molecule has 1 amide bonds. The van der Waals surface area contributed by atoms with Crippen molar-refractivity contribution < 1.29 is 4.79 Å². The summed E-state index contributed by atoms with van der Waals surface area (Å²) in [5.74, 6) is -0.0463. The number of carbonyl (C=O) groups is 1. The van der Waals surface area contributed by atoms with Gasteiger partial charge in [-0.25, -0.2) is 4.98 Å². The molecule has 0 bridgehead atoms. The van der Waals surface area contributed by atoms with Gasteiger partial charge in [0.25, 0.3) is 5.91 Å². The largest absolute Gasteiger partial charge is 0.375 e. The lowest BCUT2D eigenvalue weighted by atomic mass is 9.95. The molecule has 0 spiro atoms. The Balaban J connectivity index is 1.83. The second-order valence-corrected chi connectivity index (χ2v) is 6.43. The van der Waals surface area contributed by atoms with Crippen LogP contribution in [-0.2, 0) is 0 Å². The van der Waals surface area contributed by atoms with E-state index in [2.05, 4.69) is 10.3 Å². The predicted octanol–water partition coefficient (Wildman–Crippen LogP) is 3.45. The van der Waals surface area contributed by atoms with E-state index in [9.17, 15) is 4.79 Å². The standard InChI is InChI=1S/C16H19N3OS/c17-16-19-13(11-7-3-1-4-8-11)14(21-16)15(20)18-12-9-5-2-6-10-12/h1,3-4,7-8,12H,2,5-6,9-10H2,(H2,17,19)(H,18,20). The highest BCUT2D eigenvalue weighted by Crippen LogP contribution is 2.30. The number of hydrogen-bond acceptors (Lipinski definition) is 4. The lowest BCUT2D eigenvalue weighted by Gasteiger charge is -2.22. The molecule has 1 saturated carbocycles. The van der Waals surface area contributed by atoms with Crippen LogP contribution in [0.5, 0.6) is 0 Å². The summed E-state index contributed by atoms with van der Waals surface area (Å²) in [6.45, 7) is 0. The number of nitrogen functional groups attached to an aromatic ring is 1. The molecule has 21 heavy (non-hydrogen) atoms. The van der Waals surface area contributed by atoms with Gasteiger partial charge in [-0.2, -0.15) is 0 Å². The molecule has 4 nitrogen and oxygen atoms in total. The topological polar surface area (TPSA) is 68.0 Å². The molecule has 1 aliphatic carbocycles. The number of nitrogens with zero attached hydrogens (tertiary/aromatic N) is 1. The SMILES string of the molecule is Nc1nc(-c2ccccc2)c(C(=O)NC2CCCCC2)s1. The molecule has 3 rings (SSSR count). The van der Waals surface area contributed by atoms with Crippen LogP contribution in [0.3, 0.4) is 0 Å². The number of benzene rings is 1. The molecule has 3 N–H and O–H groups in total. The lowest BCUT2D eigenvalue weighted by molar-refractivity contribution is 0.0932. The number of aromatic nitrogens is 1. The Morgan fingerprint density at radius 1 is 1.19 bits per heavy atom. The highest BCUT2D eigenvalue weighted by molar-refractivity contribution is 7.17. The zero-order valence-electron chi connectivity index (χ0n) is 11.8. The summed E-state index contributed by atoms with van der Waals surface area (Å²) in [5, 5.41) is 3.57. The van der Waals surface area contributed by atoms with E-state index in [4.69, 9.17) is 5.73 Å². The van der Waals surface area contributed by atoms with Crippen molar-refractivity contribution in [3.05, 3.63) is 35.2 Å². The van der Waals surface area contributed by atoms with E-state index in [0.717, 1.165) is 18.4 Å². The Labute approximate surface area is 128 Å². The van der Waals surface area contributed by atoms with E-state index >= 15 is 0 Å². The third kappa shape index (κ3) is 3.24. The summed E-state index contributed by atoms with van der Waals surface area (Å²) in [5.41, 5.74) is 7.43. The van der Waals surface area contributed by atoms with Crippen molar-refractivity contribution in [3.63, 3.8) is 0 Å². The molecular weight excluding hydrogens is 282 g/mol. The molecule has 5 heteroatoms. The number of hydrogen-bond donors (Lipinski definition) is 2. The number of nitrogens with one attached hydrogen (secondary N) is 1. The normalized spacial score (nSPS) is 15.8. The van der Waals surface area contributed by atoms with E-state index < -0.39 is 0 Å². The Hall–Kier alpha value is -1.88. The van der Waals surface area contributed by atoms with Gasteiger partial charge in [-0.3, -0.25) is 4.79 Å². The van der Waals surface area contributed by atoms with E-state index in [1.165, 1.54) is 30.6 Å². The van der Waals surface area contributed by atoms with Crippen molar-refractivity contribution in [1.29, 1.82) is 0 Å². The maximum Gasteiger partial charge on any atom is 0.263 e. The molecule has 0 unspecified atom stereocenters. The molecule has 1 aromatic carbocycles. The van der Waals surface area contributed by atoms with Gasteiger partial charge in [0.05, 0.1) is 5.69 Å². The summed E-state index contributed by atoms with van der Waals surface area (Å²) >= 11 is 1.26. The Kier molecular flexibility index (Phi) is 4.20. The van der Waals surface area contributed by atoms with Gasteiger partial charge < -0.3 is 11.1 Å². The predicted molar refractivity (Wildman–Crippen MR) is 86.3 cm³/mol. The second kappa shape index (κ2) is 6.26. The van der Waals surface area contributed by atoms with E-state index in [-0.39, 0.29) is 11.9 Å². The average Bonchev–Trinajstić information content (AvgIpc) is 2.91. The fourth-order valence-corrected chi connectivity index (χ4v) is 3.54. The molecule has 0 saturated heterocycles. The smallest absolute Gasteiger partial charge is 0.263 e. The van der Waals surface area contributed by atoms with Gasteiger partial charge in [0, 0.05) is 11.6 Å². The first-order valence-corrected chi connectivity index (χ1v) is 8.18. The number of anilines is 1. The van der Waals surface area contributed by atoms with Crippen molar-refractivity contribution >= 4 is 22.4 Å². The Morgan fingerprint density at radius 2 is 1.90 bits per heavy atom. The summed E-state index contributed by atoms with van der Waals surface area (Å²) in [6.07, 6.45) is 5.80. The lowest BCUT2D eigenvalue weighted by Crippen LogP contribution is -2.36. The van der Waals surface area contributed by atoms with Gasteiger partial charge in [0.2, 0.25) is 0 Å². The van der Waals surface area contributed by atoms with Crippen LogP contribution in [-0.4, -0.2) is 16.9 Å². The van der Waals surface area contributed by atoms with Crippen LogP contribution in [0.4, 0.5) is 5.13 Å². The minimum absolute atomic E-state index is 0.0463. The molecule has 2 aromatic rings. The summed E-state index contributed by atoms with van der Waals surface area (Å²) < 4.78 is 0. The van der Waals surface area contributed by atoms with Crippen LogP contribution in [0.1, 0.15) is 41.8 Å². The molecule has 1 aromatic heterocycles. The Morgan fingerprint density at radius 3 is 2.62 bits per heavy atom. The summed E-state index contributed by atoms with van der Waals surface area (Å²) in [7, 11) is 0. The maximum absolute atomic E-state index is 12.5.